The minimum atomic E-state index is -0.507. The molecule has 0 saturated heterocycles. The fraction of sp³-hybridized carbons (Fsp3) is 0.250. The Hall–Kier alpha value is -2.42. The van der Waals surface area contributed by atoms with E-state index in [0.29, 0.717) is 10.8 Å². The molecule has 0 fully saturated rings. The molecule has 0 unspecified atom stereocenters. The molecule has 8 nitrogen and oxygen atoms in total. The maximum Gasteiger partial charge on any atom is 0.271 e. The number of nitro groups is 1. The zero-order valence-electron chi connectivity index (χ0n) is 11.4. The monoisotopic (exact) mass is 307 g/mol. The Labute approximate surface area is 124 Å². The van der Waals surface area contributed by atoms with Gasteiger partial charge in [-0.25, -0.2) is 0 Å². The Kier molecular flexibility index (Phi) is 4.53. The molecule has 0 saturated carbocycles. The number of thioether (sulfide) groups is 1. The summed E-state index contributed by atoms with van der Waals surface area (Å²) in [5.74, 6) is 0.645. The van der Waals surface area contributed by atoms with Crippen molar-refractivity contribution in [1.82, 2.24) is 14.8 Å². The Bertz CT molecular complexity index is 685. The number of hydrogen-bond acceptors (Lipinski definition) is 6. The number of hydrogen-bond donors (Lipinski definition) is 1. The number of nitrogens with zero attached hydrogens (tertiary/aromatic N) is 4. The van der Waals surface area contributed by atoms with Crippen LogP contribution in [0.2, 0.25) is 0 Å². The van der Waals surface area contributed by atoms with E-state index in [1.165, 1.54) is 30.0 Å². The van der Waals surface area contributed by atoms with Gasteiger partial charge in [0.05, 0.1) is 10.7 Å². The highest BCUT2D eigenvalue weighted by atomic mass is 32.2. The zero-order chi connectivity index (χ0) is 15.4. The topological polar surface area (TPSA) is 103 Å². The Morgan fingerprint density at radius 2 is 2.24 bits per heavy atom. The average Bonchev–Trinajstić information content (AvgIpc) is 2.77. The average molecular weight is 307 g/mol. The zero-order valence-corrected chi connectivity index (χ0v) is 12.3. The SMILES string of the molecule is Cc1nnc(SCC(=O)Nc2cccc([N+](=O)[O-])c2)n1C. The largest absolute Gasteiger partial charge is 0.325 e. The number of anilines is 1. The van der Waals surface area contributed by atoms with Crippen LogP contribution in [0.1, 0.15) is 5.82 Å². The molecular formula is C12H13N5O3S. The third-order valence-corrected chi connectivity index (χ3v) is 3.75. The van der Waals surface area contributed by atoms with Gasteiger partial charge in [0.25, 0.3) is 5.69 Å². The van der Waals surface area contributed by atoms with Gasteiger partial charge in [0, 0.05) is 24.9 Å². The summed E-state index contributed by atoms with van der Waals surface area (Å²) in [4.78, 5) is 22.0. The first kappa shape index (κ1) is 15.0. The third kappa shape index (κ3) is 3.78. The van der Waals surface area contributed by atoms with Gasteiger partial charge in [-0.15, -0.1) is 10.2 Å². The molecule has 0 aliphatic rings. The number of aryl methyl sites for hydroxylation is 1. The minimum Gasteiger partial charge on any atom is -0.325 e. The normalized spacial score (nSPS) is 10.4. The maximum atomic E-state index is 11.8. The van der Waals surface area contributed by atoms with E-state index in [2.05, 4.69) is 15.5 Å². The molecule has 1 heterocycles. The van der Waals surface area contributed by atoms with Crippen LogP contribution in [0.3, 0.4) is 0 Å². The number of nitrogens with one attached hydrogen (secondary N) is 1. The predicted octanol–water partition coefficient (Wildman–Crippen LogP) is 1.76. The first-order chi connectivity index (χ1) is 9.97. The van der Waals surface area contributed by atoms with Crippen LogP contribution in [0.15, 0.2) is 29.4 Å². The van der Waals surface area contributed by atoms with Crippen molar-refractivity contribution in [3.8, 4) is 0 Å². The summed E-state index contributed by atoms with van der Waals surface area (Å²) in [5.41, 5.74) is 0.327. The van der Waals surface area contributed by atoms with Crippen LogP contribution in [0.5, 0.6) is 0 Å². The molecule has 1 N–H and O–H groups in total. The van der Waals surface area contributed by atoms with Gasteiger partial charge < -0.3 is 9.88 Å². The quantitative estimate of drug-likeness (QED) is 0.513. The summed E-state index contributed by atoms with van der Waals surface area (Å²) in [6.45, 7) is 1.82. The molecule has 2 aromatic rings. The Morgan fingerprint density at radius 1 is 1.48 bits per heavy atom. The van der Waals surface area contributed by atoms with E-state index < -0.39 is 4.92 Å². The third-order valence-electron chi connectivity index (χ3n) is 2.73. The van der Waals surface area contributed by atoms with Crippen LogP contribution in [-0.4, -0.2) is 31.3 Å². The number of aromatic nitrogens is 3. The molecule has 1 aromatic carbocycles. The lowest BCUT2D eigenvalue weighted by Gasteiger charge is -2.05. The van der Waals surface area contributed by atoms with Crippen molar-refractivity contribution in [2.45, 2.75) is 12.1 Å². The lowest BCUT2D eigenvalue weighted by atomic mass is 10.3. The summed E-state index contributed by atoms with van der Waals surface area (Å²) in [6, 6.07) is 5.80. The van der Waals surface area contributed by atoms with Crippen LogP contribution in [0.4, 0.5) is 11.4 Å². The van der Waals surface area contributed by atoms with Gasteiger partial charge in [-0.1, -0.05) is 17.8 Å². The number of nitro benzene ring substituents is 1. The van der Waals surface area contributed by atoms with Gasteiger partial charge in [-0.05, 0) is 13.0 Å². The van der Waals surface area contributed by atoms with Crippen LogP contribution in [0, 0.1) is 17.0 Å². The number of rotatable bonds is 5. The van der Waals surface area contributed by atoms with E-state index in [4.69, 9.17) is 0 Å². The van der Waals surface area contributed by atoms with Gasteiger partial charge in [0.15, 0.2) is 5.16 Å². The second-order valence-corrected chi connectivity index (χ2v) is 5.18. The van der Waals surface area contributed by atoms with E-state index in [9.17, 15) is 14.9 Å². The lowest BCUT2D eigenvalue weighted by Crippen LogP contribution is -2.14. The van der Waals surface area contributed by atoms with E-state index >= 15 is 0 Å². The van der Waals surface area contributed by atoms with Crippen LogP contribution < -0.4 is 5.32 Å². The fourth-order valence-corrected chi connectivity index (χ4v) is 2.29. The highest BCUT2D eigenvalue weighted by molar-refractivity contribution is 7.99. The minimum absolute atomic E-state index is 0.0654. The predicted molar refractivity (Wildman–Crippen MR) is 78.2 cm³/mol. The van der Waals surface area contributed by atoms with Gasteiger partial charge in [-0.2, -0.15) is 0 Å². The summed E-state index contributed by atoms with van der Waals surface area (Å²) < 4.78 is 1.78. The summed E-state index contributed by atoms with van der Waals surface area (Å²) >= 11 is 1.25. The molecule has 0 atom stereocenters. The van der Waals surface area contributed by atoms with Crippen molar-refractivity contribution >= 4 is 29.0 Å². The maximum absolute atomic E-state index is 11.8. The highest BCUT2D eigenvalue weighted by Crippen LogP contribution is 2.19. The smallest absolute Gasteiger partial charge is 0.271 e. The fourth-order valence-electron chi connectivity index (χ4n) is 1.54. The second kappa shape index (κ2) is 6.35. The molecule has 0 bridgehead atoms. The van der Waals surface area contributed by atoms with Crippen molar-refractivity contribution in [2.75, 3.05) is 11.1 Å². The number of amides is 1. The van der Waals surface area contributed by atoms with Crippen molar-refractivity contribution in [1.29, 1.82) is 0 Å². The molecule has 0 aliphatic heterocycles. The van der Waals surface area contributed by atoms with Crippen LogP contribution in [0.25, 0.3) is 0 Å². The Balaban J connectivity index is 1.94. The molecular weight excluding hydrogens is 294 g/mol. The molecule has 2 rings (SSSR count). The number of carbonyl (C=O) groups excluding carboxylic acids is 1. The van der Waals surface area contributed by atoms with E-state index in [1.54, 1.807) is 10.6 Å². The molecule has 0 spiro atoms. The summed E-state index contributed by atoms with van der Waals surface area (Å²) in [5, 5.41) is 21.7. The molecule has 110 valence electrons. The molecule has 1 amide bonds. The summed E-state index contributed by atoms with van der Waals surface area (Å²) in [7, 11) is 1.82. The Morgan fingerprint density at radius 3 is 2.86 bits per heavy atom. The van der Waals surface area contributed by atoms with Crippen molar-refractivity contribution < 1.29 is 9.72 Å². The van der Waals surface area contributed by atoms with Crippen molar-refractivity contribution in [2.24, 2.45) is 7.05 Å². The van der Waals surface area contributed by atoms with Gasteiger partial charge >= 0.3 is 0 Å². The van der Waals surface area contributed by atoms with Gasteiger partial charge in [0.2, 0.25) is 5.91 Å². The molecule has 1 aromatic heterocycles. The molecule has 0 aliphatic carbocycles. The number of carbonyl (C=O) groups is 1. The highest BCUT2D eigenvalue weighted by Gasteiger charge is 2.11. The van der Waals surface area contributed by atoms with Gasteiger partial charge in [-0.3, -0.25) is 14.9 Å². The molecule has 9 heteroatoms. The van der Waals surface area contributed by atoms with Crippen LogP contribution >= 0.6 is 11.8 Å². The van der Waals surface area contributed by atoms with Gasteiger partial charge in [0.1, 0.15) is 5.82 Å². The second-order valence-electron chi connectivity index (χ2n) is 4.23. The van der Waals surface area contributed by atoms with Crippen molar-refractivity contribution in [3.05, 3.63) is 40.2 Å². The van der Waals surface area contributed by atoms with E-state index in [0.717, 1.165) is 5.82 Å². The summed E-state index contributed by atoms with van der Waals surface area (Å²) in [6.07, 6.45) is 0. The first-order valence-electron chi connectivity index (χ1n) is 6.00. The lowest BCUT2D eigenvalue weighted by molar-refractivity contribution is -0.384. The number of benzene rings is 1. The van der Waals surface area contributed by atoms with Crippen molar-refractivity contribution in [3.63, 3.8) is 0 Å². The van der Waals surface area contributed by atoms with E-state index in [-0.39, 0.29) is 17.3 Å². The number of non-ortho nitro benzene ring substituents is 1. The first-order valence-corrected chi connectivity index (χ1v) is 6.99. The molecule has 0 radical (unpaired) electrons. The van der Waals surface area contributed by atoms with E-state index in [1.807, 2.05) is 14.0 Å². The molecule has 21 heavy (non-hydrogen) atoms. The van der Waals surface area contributed by atoms with Crippen LogP contribution in [-0.2, 0) is 11.8 Å². The standard InChI is InChI=1S/C12H13N5O3S/c1-8-14-15-12(16(8)2)21-7-11(18)13-9-4-3-5-10(6-9)17(19)20/h3-6H,7H2,1-2H3,(H,13,18).